The van der Waals surface area contributed by atoms with E-state index in [1.807, 2.05) is 25.1 Å². The van der Waals surface area contributed by atoms with E-state index in [0.29, 0.717) is 32.5 Å². The number of rotatable bonds is 5. The number of Topliss-reactive ketones (excluding diaryl/α,β-unsaturated/α-hetero) is 1. The van der Waals surface area contributed by atoms with E-state index in [-0.39, 0.29) is 17.1 Å². The number of pyridine rings is 1. The van der Waals surface area contributed by atoms with E-state index in [0.717, 1.165) is 5.56 Å². The number of nitrogens with zero attached hydrogens (tertiary/aromatic N) is 3. The Kier molecular flexibility index (Phi) is 5.47. The molecule has 0 atom stereocenters. The highest BCUT2D eigenvalue weighted by atomic mass is 35.5. The third kappa shape index (κ3) is 3.95. The molecule has 0 saturated heterocycles. The van der Waals surface area contributed by atoms with Gasteiger partial charge < -0.3 is 0 Å². The Hall–Kier alpha value is -2.96. The van der Waals surface area contributed by atoms with Crippen molar-refractivity contribution < 1.29 is 4.79 Å². The predicted octanol–water partition coefficient (Wildman–Crippen LogP) is 4.72. The zero-order valence-electron chi connectivity index (χ0n) is 15.5. The van der Waals surface area contributed by atoms with Crippen molar-refractivity contribution >= 4 is 40.0 Å². The number of thioether (sulfide) groups is 1. The molecule has 2 aromatic carbocycles. The molecule has 0 saturated carbocycles. The van der Waals surface area contributed by atoms with Gasteiger partial charge in [-0.25, -0.2) is 14.5 Å². The summed E-state index contributed by atoms with van der Waals surface area (Å²) in [7, 11) is 0. The number of carbonyl (C=O) groups excluding carboxylic acids is 1. The zero-order chi connectivity index (χ0) is 20.4. The quantitative estimate of drug-likeness (QED) is 0.265. The number of aryl methyl sites for hydroxylation is 1. The molecule has 4 aromatic rings. The SMILES string of the molecule is Cc1cccnc1-n1c(SCC(=O)c2ccc(Cl)cc2)nc2ccccc2c1=O. The van der Waals surface area contributed by atoms with Crippen molar-refractivity contribution in [1.82, 2.24) is 14.5 Å². The first-order valence-corrected chi connectivity index (χ1v) is 10.3. The summed E-state index contributed by atoms with van der Waals surface area (Å²) >= 11 is 7.11. The van der Waals surface area contributed by atoms with Crippen LogP contribution in [-0.4, -0.2) is 26.1 Å². The largest absolute Gasteiger partial charge is 0.293 e. The van der Waals surface area contributed by atoms with Gasteiger partial charge in [0.05, 0.1) is 16.7 Å². The summed E-state index contributed by atoms with van der Waals surface area (Å²) in [5.41, 5.74) is 1.78. The van der Waals surface area contributed by atoms with E-state index < -0.39 is 0 Å². The summed E-state index contributed by atoms with van der Waals surface area (Å²) in [6.45, 7) is 1.89. The fraction of sp³-hybridized carbons (Fsp3) is 0.0909. The molecule has 0 aliphatic rings. The van der Waals surface area contributed by atoms with E-state index in [9.17, 15) is 9.59 Å². The Morgan fingerprint density at radius 3 is 2.59 bits per heavy atom. The smallest absolute Gasteiger partial charge is 0.267 e. The fourth-order valence-electron chi connectivity index (χ4n) is 2.96. The molecular weight excluding hydrogens is 406 g/mol. The molecule has 2 heterocycles. The highest BCUT2D eigenvalue weighted by Crippen LogP contribution is 2.23. The third-order valence-corrected chi connectivity index (χ3v) is 5.63. The molecule has 0 fully saturated rings. The molecular formula is C22H16ClN3O2S. The third-order valence-electron chi connectivity index (χ3n) is 4.44. The minimum atomic E-state index is -0.209. The molecule has 5 nitrogen and oxygen atoms in total. The lowest BCUT2D eigenvalue weighted by atomic mass is 10.1. The van der Waals surface area contributed by atoms with Crippen LogP contribution in [0, 0.1) is 6.92 Å². The number of halogens is 1. The van der Waals surface area contributed by atoms with Crippen LogP contribution in [0.3, 0.4) is 0 Å². The summed E-state index contributed by atoms with van der Waals surface area (Å²) in [4.78, 5) is 34.8. The minimum Gasteiger partial charge on any atom is -0.293 e. The topological polar surface area (TPSA) is 64.8 Å². The number of para-hydroxylation sites is 1. The van der Waals surface area contributed by atoms with Crippen LogP contribution in [0.2, 0.25) is 5.02 Å². The highest BCUT2D eigenvalue weighted by Gasteiger charge is 2.17. The molecule has 0 unspecified atom stereocenters. The molecule has 0 N–H and O–H groups in total. The van der Waals surface area contributed by atoms with Gasteiger partial charge in [-0.05, 0) is 55.0 Å². The number of hydrogen-bond donors (Lipinski definition) is 0. The second-order valence-corrected chi connectivity index (χ2v) is 7.79. The van der Waals surface area contributed by atoms with Gasteiger partial charge in [0, 0.05) is 16.8 Å². The maximum atomic E-state index is 13.2. The van der Waals surface area contributed by atoms with Gasteiger partial charge in [-0.15, -0.1) is 0 Å². The van der Waals surface area contributed by atoms with E-state index in [4.69, 9.17) is 11.6 Å². The Balaban J connectivity index is 1.77. The Morgan fingerprint density at radius 1 is 1.07 bits per heavy atom. The van der Waals surface area contributed by atoms with Crippen LogP contribution in [0.5, 0.6) is 0 Å². The summed E-state index contributed by atoms with van der Waals surface area (Å²) in [6, 6.07) is 17.6. The Bertz CT molecular complexity index is 1270. The molecule has 7 heteroatoms. The number of fused-ring (bicyclic) bond motifs is 1. The van der Waals surface area contributed by atoms with Crippen molar-refractivity contribution in [2.45, 2.75) is 12.1 Å². The number of hydrogen-bond acceptors (Lipinski definition) is 5. The first-order valence-electron chi connectivity index (χ1n) is 8.90. The van der Waals surface area contributed by atoms with Gasteiger partial charge in [0.15, 0.2) is 10.9 Å². The molecule has 4 rings (SSSR count). The van der Waals surface area contributed by atoms with Gasteiger partial charge in [0.25, 0.3) is 5.56 Å². The minimum absolute atomic E-state index is 0.0710. The van der Waals surface area contributed by atoms with Crippen LogP contribution in [-0.2, 0) is 0 Å². The van der Waals surface area contributed by atoms with E-state index >= 15 is 0 Å². The standard InChI is InChI=1S/C22H16ClN3O2S/c1-14-5-4-12-24-20(14)26-21(28)17-6-2-3-7-18(17)25-22(26)29-13-19(27)15-8-10-16(23)11-9-15/h2-12H,13H2,1H3. The van der Waals surface area contributed by atoms with E-state index in [1.165, 1.54) is 16.3 Å². The number of aromatic nitrogens is 3. The lowest BCUT2D eigenvalue weighted by molar-refractivity contribution is 0.102. The summed E-state index contributed by atoms with van der Waals surface area (Å²) in [6.07, 6.45) is 1.64. The molecule has 0 aliphatic carbocycles. The molecule has 0 aliphatic heterocycles. The first kappa shape index (κ1) is 19.4. The molecule has 0 amide bonds. The first-order chi connectivity index (χ1) is 14.0. The average Bonchev–Trinajstić information content (AvgIpc) is 2.73. The second kappa shape index (κ2) is 8.19. The molecule has 0 radical (unpaired) electrons. The van der Waals surface area contributed by atoms with Crippen molar-refractivity contribution in [3.8, 4) is 5.82 Å². The molecule has 0 bridgehead atoms. The fourth-order valence-corrected chi connectivity index (χ4v) is 3.97. The van der Waals surface area contributed by atoms with E-state index in [2.05, 4.69) is 9.97 Å². The highest BCUT2D eigenvalue weighted by molar-refractivity contribution is 7.99. The molecule has 2 aromatic heterocycles. The normalized spacial score (nSPS) is 11.0. The van der Waals surface area contributed by atoms with Crippen LogP contribution in [0.4, 0.5) is 0 Å². The summed E-state index contributed by atoms with van der Waals surface area (Å²) < 4.78 is 1.48. The van der Waals surface area contributed by atoms with Crippen LogP contribution in [0.15, 0.2) is 76.8 Å². The van der Waals surface area contributed by atoms with Gasteiger partial charge >= 0.3 is 0 Å². The molecule has 0 spiro atoms. The van der Waals surface area contributed by atoms with Gasteiger partial charge in [-0.3, -0.25) is 9.59 Å². The van der Waals surface area contributed by atoms with Gasteiger partial charge in [0.1, 0.15) is 5.82 Å². The Morgan fingerprint density at radius 2 is 1.83 bits per heavy atom. The van der Waals surface area contributed by atoms with Crippen molar-refractivity contribution in [2.75, 3.05) is 5.75 Å². The monoisotopic (exact) mass is 421 g/mol. The van der Waals surface area contributed by atoms with Gasteiger partial charge in [-0.2, -0.15) is 0 Å². The maximum absolute atomic E-state index is 13.2. The van der Waals surface area contributed by atoms with Crippen LogP contribution < -0.4 is 5.56 Å². The number of carbonyl (C=O) groups is 1. The molecule has 29 heavy (non-hydrogen) atoms. The Labute approximate surface area is 176 Å². The lowest BCUT2D eigenvalue weighted by Crippen LogP contribution is -2.23. The number of ketones is 1. The van der Waals surface area contributed by atoms with Crippen molar-refractivity contribution in [3.05, 3.63) is 93.4 Å². The van der Waals surface area contributed by atoms with E-state index in [1.54, 1.807) is 48.7 Å². The van der Waals surface area contributed by atoms with Crippen LogP contribution in [0.1, 0.15) is 15.9 Å². The summed E-state index contributed by atoms with van der Waals surface area (Å²) in [5, 5.41) is 1.51. The van der Waals surface area contributed by atoms with Crippen molar-refractivity contribution in [3.63, 3.8) is 0 Å². The van der Waals surface area contributed by atoms with Crippen molar-refractivity contribution in [2.24, 2.45) is 0 Å². The number of benzene rings is 2. The van der Waals surface area contributed by atoms with Gasteiger partial charge in [0.2, 0.25) is 0 Å². The van der Waals surface area contributed by atoms with Crippen LogP contribution >= 0.6 is 23.4 Å². The molecule has 144 valence electrons. The van der Waals surface area contributed by atoms with Crippen LogP contribution in [0.25, 0.3) is 16.7 Å². The lowest BCUT2D eigenvalue weighted by Gasteiger charge is -2.13. The average molecular weight is 422 g/mol. The van der Waals surface area contributed by atoms with Crippen molar-refractivity contribution in [1.29, 1.82) is 0 Å². The zero-order valence-corrected chi connectivity index (χ0v) is 17.1. The second-order valence-electron chi connectivity index (χ2n) is 6.41. The summed E-state index contributed by atoms with van der Waals surface area (Å²) in [5.74, 6) is 0.578. The predicted molar refractivity (Wildman–Crippen MR) is 116 cm³/mol. The maximum Gasteiger partial charge on any atom is 0.267 e. The van der Waals surface area contributed by atoms with Gasteiger partial charge in [-0.1, -0.05) is 41.6 Å².